The predicted molar refractivity (Wildman–Crippen MR) is 73.2 cm³/mol. The Hall–Kier alpha value is -2.18. The van der Waals surface area contributed by atoms with Gasteiger partial charge in [0.05, 0.1) is 0 Å². The number of aliphatic carboxylic acids is 2. The summed E-state index contributed by atoms with van der Waals surface area (Å²) in [6.45, 7) is 5.88. The van der Waals surface area contributed by atoms with Crippen LogP contribution in [0.2, 0.25) is 0 Å². The van der Waals surface area contributed by atoms with E-state index in [9.17, 15) is 19.8 Å². The standard InChI is InChI=1S/C14H17N3O4/c1-7-8(2)15-9(3)16-10(7)17-5-13(11(18)19)4-14(13,6-17)12(20)21/h4-6H2,1-3H3,(H,18,19)(H,20,21)/t13-,14+. The monoisotopic (exact) mass is 291 g/mol. The second-order valence-electron chi connectivity index (χ2n) is 6.11. The Morgan fingerprint density at radius 2 is 1.57 bits per heavy atom. The largest absolute Gasteiger partial charge is 0.481 e. The summed E-state index contributed by atoms with van der Waals surface area (Å²) in [5.41, 5.74) is -0.675. The quantitative estimate of drug-likeness (QED) is 0.847. The predicted octanol–water partition coefficient (Wildman–Crippen LogP) is 0.768. The summed E-state index contributed by atoms with van der Waals surface area (Å²) in [7, 11) is 0. The van der Waals surface area contributed by atoms with Gasteiger partial charge in [0, 0.05) is 24.3 Å². The van der Waals surface area contributed by atoms with Crippen LogP contribution in [0.5, 0.6) is 0 Å². The number of rotatable bonds is 3. The van der Waals surface area contributed by atoms with Gasteiger partial charge in [0.1, 0.15) is 22.5 Å². The van der Waals surface area contributed by atoms with Gasteiger partial charge in [-0.25, -0.2) is 9.97 Å². The molecule has 7 heteroatoms. The highest BCUT2D eigenvalue weighted by atomic mass is 16.4. The van der Waals surface area contributed by atoms with Crippen molar-refractivity contribution in [3.8, 4) is 0 Å². The SMILES string of the molecule is Cc1nc(C)c(C)c(N2C[C@@]3(C(=O)O)C[C@@]3(C(=O)O)C2)n1. The van der Waals surface area contributed by atoms with E-state index in [0.29, 0.717) is 11.6 Å². The van der Waals surface area contributed by atoms with E-state index in [1.165, 1.54) is 0 Å². The Kier molecular flexibility index (Phi) is 2.58. The zero-order valence-corrected chi connectivity index (χ0v) is 12.2. The topological polar surface area (TPSA) is 104 Å². The minimum absolute atomic E-state index is 0.186. The van der Waals surface area contributed by atoms with Gasteiger partial charge in [0.15, 0.2) is 0 Å². The van der Waals surface area contributed by atoms with Gasteiger partial charge < -0.3 is 15.1 Å². The van der Waals surface area contributed by atoms with Crippen LogP contribution in [-0.4, -0.2) is 45.2 Å². The molecule has 2 N–H and O–H groups in total. The Morgan fingerprint density at radius 3 is 2.05 bits per heavy atom. The van der Waals surface area contributed by atoms with E-state index in [1.54, 1.807) is 11.8 Å². The maximum Gasteiger partial charge on any atom is 0.312 e. The maximum absolute atomic E-state index is 11.5. The van der Waals surface area contributed by atoms with Crippen molar-refractivity contribution in [2.24, 2.45) is 10.8 Å². The van der Waals surface area contributed by atoms with Crippen LogP contribution >= 0.6 is 0 Å². The molecule has 2 fully saturated rings. The van der Waals surface area contributed by atoms with Gasteiger partial charge in [-0.3, -0.25) is 9.59 Å². The first-order valence-corrected chi connectivity index (χ1v) is 6.77. The summed E-state index contributed by atoms with van der Waals surface area (Å²) in [5.74, 6) is -0.823. The molecule has 1 saturated heterocycles. The lowest BCUT2D eigenvalue weighted by molar-refractivity contribution is -0.151. The van der Waals surface area contributed by atoms with Gasteiger partial charge in [-0.05, 0) is 27.2 Å². The lowest BCUT2D eigenvalue weighted by atomic mass is 9.97. The fourth-order valence-electron chi connectivity index (χ4n) is 3.50. The molecule has 2 aliphatic rings. The van der Waals surface area contributed by atoms with Gasteiger partial charge in [0.25, 0.3) is 0 Å². The summed E-state index contributed by atoms with van der Waals surface area (Å²) >= 11 is 0. The van der Waals surface area contributed by atoms with E-state index in [4.69, 9.17) is 0 Å². The van der Waals surface area contributed by atoms with Crippen molar-refractivity contribution < 1.29 is 19.8 Å². The van der Waals surface area contributed by atoms with Crippen LogP contribution in [0.15, 0.2) is 0 Å². The molecule has 0 spiro atoms. The minimum Gasteiger partial charge on any atom is -0.481 e. The minimum atomic E-state index is -1.18. The number of carboxylic acids is 2. The number of aromatic nitrogens is 2. The summed E-state index contributed by atoms with van der Waals surface area (Å²) < 4.78 is 0. The fourth-order valence-corrected chi connectivity index (χ4v) is 3.50. The van der Waals surface area contributed by atoms with Gasteiger partial charge >= 0.3 is 11.9 Å². The van der Waals surface area contributed by atoms with Gasteiger partial charge in [0.2, 0.25) is 0 Å². The van der Waals surface area contributed by atoms with Crippen LogP contribution in [0, 0.1) is 31.6 Å². The van der Waals surface area contributed by atoms with Crippen molar-refractivity contribution in [2.75, 3.05) is 18.0 Å². The third-order valence-electron chi connectivity index (χ3n) is 4.91. The summed E-state index contributed by atoms with van der Waals surface area (Å²) in [4.78, 5) is 33.5. The van der Waals surface area contributed by atoms with Gasteiger partial charge in [-0.1, -0.05) is 0 Å². The molecule has 0 radical (unpaired) electrons. The van der Waals surface area contributed by atoms with Crippen LogP contribution in [0.25, 0.3) is 0 Å². The zero-order chi connectivity index (χ0) is 15.6. The molecule has 1 aromatic heterocycles. The molecular formula is C14H17N3O4. The number of nitrogens with zero attached hydrogens (tertiary/aromatic N) is 3. The van der Waals surface area contributed by atoms with Crippen molar-refractivity contribution in [1.29, 1.82) is 0 Å². The third kappa shape index (κ3) is 1.60. The first-order valence-electron chi connectivity index (χ1n) is 6.77. The van der Waals surface area contributed by atoms with Crippen LogP contribution in [-0.2, 0) is 9.59 Å². The fraction of sp³-hybridized carbons (Fsp3) is 0.571. The van der Waals surface area contributed by atoms with Gasteiger partial charge in [-0.2, -0.15) is 0 Å². The summed E-state index contributed by atoms with van der Waals surface area (Å²) in [5, 5.41) is 18.9. The number of carbonyl (C=O) groups is 2. The lowest BCUT2D eigenvalue weighted by Gasteiger charge is -2.23. The smallest absolute Gasteiger partial charge is 0.312 e. The molecule has 112 valence electrons. The first kappa shape index (κ1) is 13.8. The highest BCUT2D eigenvalue weighted by Gasteiger charge is 2.81. The first-order chi connectivity index (χ1) is 9.73. The van der Waals surface area contributed by atoms with E-state index >= 15 is 0 Å². The molecule has 1 aromatic rings. The van der Waals surface area contributed by atoms with Crippen LogP contribution in [0.3, 0.4) is 0 Å². The second kappa shape index (κ2) is 3.93. The molecule has 21 heavy (non-hydrogen) atoms. The van der Waals surface area contributed by atoms with Crippen LogP contribution in [0.4, 0.5) is 5.82 Å². The second-order valence-corrected chi connectivity index (χ2v) is 6.11. The van der Waals surface area contributed by atoms with Crippen molar-refractivity contribution in [3.05, 3.63) is 17.1 Å². The van der Waals surface area contributed by atoms with Gasteiger partial charge in [-0.15, -0.1) is 0 Å². The zero-order valence-electron chi connectivity index (χ0n) is 12.2. The molecule has 2 atom stereocenters. The number of aryl methyl sites for hydroxylation is 2. The third-order valence-corrected chi connectivity index (χ3v) is 4.91. The normalized spacial score (nSPS) is 30.1. The molecule has 0 aromatic carbocycles. The van der Waals surface area contributed by atoms with E-state index < -0.39 is 22.8 Å². The van der Waals surface area contributed by atoms with Crippen molar-refractivity contribution in [2.45, 2.75) is 27.2 Å². The van der Waals surface area contributed by atoms with Crippen molar-refractivity contribution in [3.63, 3.8) is 0 Å². The number of hydrogen-bond donors (Lipinski definition) is 2. The molecule has 7 nitrogen and oxygen atoms in total. The number of hydrogen-bond acceptors (Lipinski definition) is 5. The lowest BCUT2D eigenvalue weighted by Crippen LogP contribution is -2.30. The molecule has 0 amide bonds. The number of piperidine rings is 1. The molecule has 1 aliphatic carbocycles. The van der Waals surface area contributed by atoms with E-state index in [2.05, 4.69) is 9.97 Å². The molecule has 0 unspecified atom stereocenters. The molecular weight excluding hydrogens is 274 g/mol. The summed E-state index contributed by atoms with van der Waals surface area (Å²) in [6.07, 6.45) is 0.198. The van der Waals surface area contributed by atoms with Crippen LogP contribution < -0.4 is 4.90 Å². The maximum atomic E-state index is 11.5. The van der Waals surface area contributed by atoms with E-state index in [1.807, 2.05) is 13.8 Å². The number of fused-ring (bicyclic) bond motifs is 1. The highest BCUT2D eigenvalue weighted by Crippen LogP contribution is 2.69. The Balaban J connectivity index is 2.02. The molecule has 3 rings (SSSR count). The van der Waals surface area contributed by atoms with Crippen molar-refractivity contribution >= 4 is 17.8 Å². The van der Waals surface area contributed by atoms with E-state index in [-0.39, 0.29) is 19.5 Å². The average molecular weight is 291 g/mol. The summed E-state index contributed by atoms with van der Waals surface area (Å²) in [6, 6.07) is 0. The molecule has 2 heterocycles. The molecule has 0 bridgehead atoms. The van der Waals surface area contributed by atoms with Crippen LogP contribution in [0.1, 0.15) is 23.5 Å². The molecule has 1 saturated carbocycles. The van der Waals surface area contributed by atoms with Crippen molar-refractivity contribution in [1.82, 2.24) is 9.97 Å². The average Bonchev–Trinajstić information content (AvgIpc) is 2.93. The Bertz CT molecular complexity index is 646. The molecule has 1 aliphatic heterocycles. The highest BCUT2D eigenvalue weighted by molar-refractivity contribution is 5.95. The number of anilines is 1. The number of carboxylic acid groups (broad SMARTS) is 2. The Morgan fingerprint density at radius 1 is 1.05 bits per heavy atom. The Labute approximate surface area is 121 Å². The van der Waals surface area contributed by atoms with E-state index in [0.717, 1.165) is 11.3 Å².